The van der Waals surface area contributed by atoms with Crippen LogP contribution in [-0.4, -0.2) is 32.3 Å². The molecule has 22 heavy (non-hydrogen) atoms. The Bertz CT molecular complexity index is 740. The molecule has 4 rings (SSSR count). The van der Waals surface area contributed by atoms with Gasteiger partial charge in [0.2, 0.25) is 0 Å². The van der Waals surface area contributed by atoms with Gasteiger partial charge in [-0.05, 0) is 42.6 Å². The van der Waals surface area contributed by atoms with Crippen LogP contribution in [0.1, 0.15) is 30.9 Å². The minimum Gasteiger partial charge on any atom is -0.303 e. The first kappa shape index (κ1) is 13.9. The van der Waals surface area contributed by atoms with Crippen LogP contribution >= 0.6 is 12.2 Å². The van der Waals surface area contributed by atoms with Crippen LogP contribution < -0.4 is 0 Å². The Morgan fingerprint density at radius 3 is 2.68 bits per heavy atom. The summed E-state index contributed by atoms with van der Waals surface area (Å²) in [5, 5.41) is 4.46. The van der Waals surface area contributed by atoms with Gasteiger partial charge < -0.3 is 4.57 Å². The number of aromatic nitrogens is 3. The van der Waals surface area contributed by atoms with Gasteiger partial charge in [-0.3, -0.25) is 4.90 Å². The van der Waals surface area contributed by atoms with Crippen LogP contribution in [0.4, 0.5) is 0 Å². The van der Waals surface area contributed by atoms with E-state index in [9.17, 15) is 0 Å². The monoisotopic (exact) mass is 312 g/mol. The Balaban J connectivity index is 1.43. The number of hydrogen-bond donors (Lipinski definition) is 0. The van der Waals surface area contributed by atoms with Gasteiger partial charge in [-0.2, -0.15) is 5.10 Å². The Kier molecular flexibility index (Phi) is 3.68. The summed E-state index contributed by atoms with van der Waals surface area (Å²) < 4.78 is 4.96. The van der Waals surface area contributed by atoms with Gasteiger partial charge in [0.05, 0.1) is 6.67 Å². The summed E-state index contributed by atoms with van der Waals surface area (Å²) in [6.07, 6.45) is 7.80. The summed E-state index contributed by atoms with van der Waals surface area (Å²) in [7, 11) is 0. The molecule has 1 saturated carbocycles. The molecule has 1 aliphatic heterocycles. The van der Waals surface area contributed by atoms with E-state index in [1.807, 2.05) is 11.0 Å². The van der Waals surface area contributed by atoms with Crippen LogP contribution in [0.3, 0.4) is 0 Å². The van der Waals surface area contributed by atoms with E-state index in [1.54, 1.807) is 0 Å². The third kappa shape index (κ3) is 2.78. The summed E-state index contributed by atoms with van der Waals surface area (Å²) in [5.41, 5.74) is 2.79. The molecule has 1 aliphatic carbocycles. The molecule has 0 N–H and O–H groups in total. The van der Waals surface area contributed by atoms with Gasteiger partial charge in [0.1, 0.15) is 6.33 Å². The van der Waals surface area contributed by atoms with Gasteiger partial charge >= 0.3 is 0 Å². The molecular formula is C17H20N4S. The fourth-order valence-electron chi connectivity index (χ4n) is 2.99. The quantitative estimate of drug-likeness (QED) is 0.808. The van der Waals surface area contributed by atoms with Crippen LogP contribution in [0.2, 0.25) is 0 Å². The van der Waals surface area contributed by atoms with Gasteiger partial charge in [0.15, 0.2) is 4.77 Å². The van der Waals surface area contributed by atoms with Crippen molar-refractivity contribution in [2.45, 2.75) is 32.0 Å². The van der Waals surface area contributed by atoms with Crippen LogP contribution in [-0.2, 0) is 6.67 Å². The second-order valence-electron chi connectivity index (χ2n) is 6.12. The molecule has 0 bridgehead atoms. The highest BCUT2D eigenvalue weighted by Crippen LogP contribution is 2.34. The largest absolute Gasteiger partial charge is 0.303 e. The molecule has 1 fully saturated rings. The molecule has 2 aliphatic rings. The van der Waals surface area contributed by atoms with Crippen molar-refractivity contribution in [1.82, 2.24) is 19.2 Å². The lowest BCUT2D eigenvalue weighted by atomic mass is 10.00. The molecule has 2 aromatic rings. The molecule has 0 radical (unpaired) electrons. The zero-order valence-corrected chi connectivity index (χ0v) is 13.4. The second-order valence-corrected chi connectivity index (χ2v) is 6.48. The minimum absolute atomic E-state index is 0.604. The smallest absolute Gasteiger partial charge is 0.199 e. The summed E-state index contributed by atoms with van der Waals surface area (Å²) in [6, 6.07) is 11.3. The lowest BCUT2D eigenvalue weighted by Gasteiger charge is -2.26. The molecule has 2 heterocycles. The van der Waals surface area contributed by atoms with Gasteiger partial charge in [-0.15, -0.1) is 0 Å². The Labute approximate surface area is 135 Å². The standard InChI is InChI=1S/C17H20N4S/c22-17-20(16-6-7-16)12-18-21(17)13-19-10-8-15(9-11-19)14-4-2-1-3-5-14/h1-5,8,12,16H,6-7,9-11,13H2. The van der Waals surface area contributed by atoms with Crippen LogP contribution in [0, 0.1) is 4.77 Å². The van der Waals surface area contributed by atoms with Crippen molar-refractivity contribution in [3.8, 4) is 0 Å². The molecule has 4 nitrogen and oxygen atoms in total. The van der Waals surface area contributed by atoms with E-state index in [4.69, 9.17) is 12.2 Å². The summed E-state index contributed by atoms with van der Waals surface area (Å²) >= 11 is 5.53. The highest BCUT2D eigenvalue weighted by molar-refractivity contribution is 7.71. The third-order valence-electron chi connectivity index (χ3n) is 4.47. The average Bonchev–Trinajstić information content (AvgIpc) is 3.35. The minimum atomic E-state index is 0.604. The molecule has 1 aromatic heterocycles. The van der Waals surface area contributed by atoms with E-state index in [2.05, 4.69) is 51.0 Å². The fourth-order valence-corrected chi connectivity index (χ4v) is 3.29. The van der Waals surface area contributed by atoms with Crippen LogP contribution in [0.15, 0.2) is 42.7 Å². The Morgan fingerprint density at radius 1 is 1.18 bits per heavy atom. The van der Waals surface area contributed by atoms with E-state index in [1.165, 1.54) is 24.0 Å². The van der Waals surface area contributed by atoms with E-state index >= 15 is 0 Å². The zero-order chi connectivity index (χ0) is 14.9. The molecule has 0 amide bonds. The SMILES string of the molecule is S=c1n(C2CC2)cnn1CN1CC=C(c2ccccc2)CC1. The van der Waals surface area contributed by atoms with Crippen molar-refractivity contribution in [2.24, 2.45) is 0 Å². The Hall–Kier alpha value is -1.72. The van der Waals surface area contributed by atoms with Crippen molar-refractivity contribution in [1.29, 1.82) is 0 Å². The first-order chi connectivity index (χ1) is 10.8. The molecule has 0 spiro atoms. The third-order valence-corrected chi connectivity index (χ3v) is 4.89. The van der Waals surface area contributed by atoms with E-state index in [-0.39, 0.29) is 0 Å². The summed E-state index contributed by atoms with van der Waals surface area (Å²) in [6.45, 7) is 2.80. The first-order valence-electron chi connectivity index (χ1n) is 7.92. The van der Waals surface area contributed by atoms with Crippen molar-refractivity contribution >= 4 is 17.8 Å². The molecule has 0 unspecified atom stereocenters. The average molecular weight is 312 g/mol. The zero-order valence-electron chi connectivity index (χ0n) is 12.6. The molecule has 0 saturated heterocycles. The van der Waals surface area contributed by atoms with Crippen molar-refractivity contribution in [3.05, 3.63) is 53.1 Å². The van der Waals surface area contributed by atoms with Crippen LogP contribution in [0.5, 0.6) is 0 Å². The van der Waals surface area contributed by atoms with Crippen molar-refractivity contribution in [3.63, 3.8) is 0 Å². The van der Waals surface area contributed by atoms with Crippen molar-refractivity contribution in [2.75, 3.05) is 13.1 Å². The molecular weight excluding hydrogens is 292 g/mol. The predicted octanol–water partition coefficient (Wildman–Crippen LogP) is 3.50. The fraction of sp³-hybridized carbons (Fsp3) is 0.412. The number of rotatable bonds is 4. The number of benzene rings is 1. The van der Waals surface area contributed by atoms with Gasteiger partial charge in [0.25, 0.3) is 0 Å². The molecule has 114 valence electrons. The summed E-state index contributed by atoms with van der Waals surface area (Å²) in [5.74, 6) is 0. The summed E-state index contributed by atoms with van der Waals surface area (Å²) in [4.78, 5) is 2.40. The van der Waals surface area contributed by atoms with E-state index in [0.29, 0.717) is 6.04 Å². The first-order valence-corrected chi connectivity index (χ1v) is 8.33. The molecule has 1 aromatic carbocycles. The normalized spacial score (nSPS) is 19.2. The lowest BCUT2D eigenvalue weighted by Crippen LogP contribution is -2.31. The predicted molar refractivity (Wildman–Crippen MR) is 89.9 cm³/mol. The molecule has 0 atom stereocenters. The van der Waals surface area contributed by atoms with E-state index in [0.717, 1.165) is 31.0 Å². The van der Waals surface area contributed by atoms with Crippen molar-refractivity contribution < 1.29 is 0 Å². The number of nitrogens with zero attached hydrogens (tertiary/aromatic N) is 4. The van der Waals surface area contributed by atoms with Gasteiger partial charge in [-0.1, -0.05) is 36.4 Å². The van der Waals surface area contributed by atoms with Gasteiger partial charge in [-0.25, -0.2) is 4.68 Å². The molecule has 5 heteroatoms. The Morgan fingerprint density at radius 2 is 2.00 bits per heavy atom. The maximum Gasteiger partial charge on any atom is 0.199 e. The van der Waals surface area contributed by atoms with Gasteiger partial charge in [0, 0.05) is 19.1 Å². The topological polar surface area (TPSA) is 26.0 Å². The maximum atomic E-state index is 5.53. The second kappa shape index (κ2) is 5.82. The highest BCUT2D eigenvalue weighted by Gasteiger charge is 2.25. The maximum absolute atomic E-state index is 5.53. The number of hydrogen-bond acceptors (Lipinski definition) is 3. The lowest BCUT2D eigenvalue weighted by molar-refractivity contribution is 0.226. The van der Waals surface area contributed by atoms with Crippen LogP contribution in [0.25, 0.3) is 5.57 Å². The van der Waals surface area contributed by atoms with E-state index < -0.39 is 0 Å². The highest BCUT2D eigenvalue weighted by atomic mass is 32.1.